The quantitative estimate of drug-likeness (QED) is 0.502. The molecule has 0 fully saturated rings. The van der Waals surface area contributed by atoms with E-state index in [1.54, 1.807) is 31.4 Å². The molecule has 0 aliphatic rings. The Kier molecular flexibility index (Phi) is 7.21. The van der Waals surface area contributed by atoms with Crippen molar-refractivity contribution < 1.29 is 70.8 Å². The minimum Gasteiger partial charge on any atom is -0.546 e. The standard InChI is InChI=1S/C9H10O4.K/c1-12-7-2-4-8(5-3-7)13-6-9(10)11;/h2-5H,6H2,1H3,(H,10,11);/q;+1/p-1. The van der Waals surface area contributed by atoms with Crippen molar-refractivity contribution in [1.82, 2.24) is 0 Å². The van der Waals surface area contributed by atoms with Gasteiger partial charge in [-0.25, -0.2) is 0 Å². The summed E-state index contributed by atoms with van der Waals surface area (Å²) in [6.07, 6.45) is 0. The van der Waals surface area contributed by atoms with Gasteiger partial charge in [0.1, 0.15) is 18.1 Å². The summed E-state index contributed by atoms with van der Waals surface area (Å²) < 4.78 is 9.76. The first-order chi connectivity index (χ1) is 6.22. The number of rotatable bonds is 4. The van der Waals surface area contributed by atoms with Crippen LogP contribution in [0.1, 0.15) is 0 Å². The number of carbonyl (C=O) groups is 1. The van der Waals surface area contributed by atoms with Crippen LogP contribution in [0.5, 0.6) is 11.5 Å². The molecule has 0 aromatic heterocycles. The van der Waals surface area contributed by atoms with Gasteiger partial charge in [-0.1, -0.05) is 0 Å². The average Bonchev–Trinajstić information content (AvgIpc) is 2.15. The average molecular weight is 220 g/mol. The monoisotopic (exact) mass is 220 g/mol. The number of hydrogen-bond acceptors (Lipinski definition) is 4. The van der Waals surface area contributed by atoms with Crippen LogP contribution < -0.4 is 66.0 Å². The summed E-state index contributed by atoms with van der Waals surface area (Å²) in [5.41, 5.74) is 0. The van der Waals surface area contributed by atoms with Crippen LogP contribution in [0.25, 0.3) is 0 Å². The zero-order chi connectivity index (χ0) is 9.68. The van der Waals surface area contributed by atoms with Crippen molar-refractivity contribution in [3.05, 3.63) is 24.3 Å². The van der Waals surface area contributed by atoms with E-state index in [2.05, 4.69) is 0 Å². The summed E-state index contributed by atoms with van der Waals surface area (Å²) >= 11 is 0. The fraction of sp³-hybridized carbons (Fsp3) is 0.222. The number of carbonyl (C=O) groups excluding carboxylic acids is 1. The normalized spacial score (nSPS) is 8.64. The fourth-order valence-electron chi connectivity index (χ4n) is 0.814. The number of hydrogen-bond donors (Lipinski definition) is 0. The molecule has 5 heteroatoms. The van der Waals surface area contributed by atoms with Gasteiger partial charge < -0.3 is 19.4 Å². The Morgan fingerprint density at radius 1 is 1.29 bits per heavy atom. The molecule has 1 aromatic rings. The van der Waals surface area contributed by atoms with Crippen LogP contribution in [0.3, 0.4) is 0 Å². The molecule has 0 atom stereocenters. The Bertz CT molecular complexity index is 283. The van der Waals surface area contributed by atoms with Crippen molar-refractivity contribution in [2.24, 2.45) is 0 Å². The molecule has 0 saturated carbocycles. The van der Waals surface area contributed by atoms with Gasteiger partial charge in [-0.05, 0) is 24.3 Å². The molecule has 70 valence electrons. The fourth-order valence-corrected chi connectivity index (χ4v) is 0.814. The van der Waals surface area contributed by atoms with Gasteiger partial charge in [-0.2, -0.15) is 0 Å². The van der Waals surface area contributed by atoms with Crippen molar-refractivity contribution in [1.29, 1.82) is 0 Å². The molecular weight excluding hydrogens is 211 g/mol. The van der Waals surface area contributed by atoms with Crippen LogP contribution >= 0.6 is 0 Å². The van der Waals surface area contributed by atoms with Crippen LogP contribution in [0.2, 0.25) is 0 Å². The molecule has 4 nitrogen and oxygen atoms in total. The second kappa shape index (κ2) is 7.25. The number of methoxy groups -OCH3 is 1. The maximum absolute atomic E-state index is 10.0. The minimum atomic E-state index is -1.24. The van der Waals surface area contributed by atoms with Gasteiger partial charge >= 0.3 is 51.4 Å². The summed E-state index contributed by atoms with van der Waals surface area (Å²) in [5.74, 6) is -0.0679. The molecule has 0 bridgehead atoms. The molecule has 0 heterocycles. The Morgan fingerprint density at radius 2 is 1.79 bits per heavy atom. The van der Waals surface area contributed by atoms with Crippen LogP contribution in [-0.2, 0) is 4.79 Å². The minimum absolute atomic E-state index is 0. The smallest absolute Gasteiger partial charge is 0.546 e. The largest absolute Gasteiger partial charge is 1.00 e. The van der Waals surface area contributed by atoms with Gasteiger partial charge in [-0.15, -0.1) is 0 Å². The molecule has 0 N–H and O–H groups in total. The summed E-state index contributed by atoms with van der Waals surface area (Å²) in [7, 11) is 1.55. The summed E-state index contributed by atoms with van der Waals surface area (Å²) in [6, 6.07) is 6.62. The van der Waals surface area contributed by atoms with E-state index in [0.717, 1.165) is 0 Å². The van der Waals surface area contributed by atoms with Gasteiger partial charge in [0.05, 0.1) is 13.1 Å². The summed E-state index contributed by atoms with van der Waals surface area (Å²) in [4.78, 5) is 10.0. The predicted octanol–water partition coefficient (Wildman–Crippen LogP) is -3.17. The summed E-state index contributed by atoms with van der Waals surface area (Å²) in [5, 5.41) is 10.0. The zero-order valence-corrected chi connectivity index (χ0v) is 11.3. The topological polar surface area (TPSA) is 58.6 Å². The maximum atomic E-state index is 10.0. The van der Waals surface area contributed by atoms with Crippen LogP contribution in [0.15, 0.2) is 24.3 Å². The molecule has 0 amide bonds. The molecule has 0 unspecified atom stereocenters. The van der Waals surface area contributed by atoms with E-state index in [9.17, 15) is 9.90 Å². The van der Waals surface area contributed by atoms with Crippen LogP contribution in [-0.4, -0.2) is 19.7 Å². The predicted molar refractivity (Wildman–Crippen MR) is 43.5 cm³/mol. The first-order valence-electron chi connectivity index (χ1n) is 3.69. The van der Waals surface area contributed by atoms with Gasteiger partial charge in [0, 0.05) is 0 Å². The Balaban J connectivity index is 0.00000169. The number of carboxylic acids is 1. The second-order valence-corrected chi connectivity index (χ2v) is 2.34. The van der Waals surface area contributed by atoms with E-state index in [4.69, 9.17) is 9.47 Å². The molecule has 0 aliphatic carbocycles. The molecule has 14 heavy (non-hydrogen) atoms. The molecule has 0 saturated heterocycles. The molecule has 1 rings (SSSR count). The first kappa shape index (κ1) is 13.9. The van der Waals surface area contributed by atoms with Crippen molar-refractivity contribution in [2.75, 3.05) is 13.7 Å². The maximum Gasteiger partial charge on any atom is 1.00 e. The van der Waals surface area contributed by atoms with Gasteiger partial charge in [0.25, 0.3) is 0 Å². The van der Waals surface area contributed by atoms with Crippen LogP contribution in [0.4, 0.5) is 0 Å². The van der Waals surface area contributed by atoms with E-state index >= 15 is 0 Å². The molecule has 0 radical (unpaired) electrons. The van der Waals surface area contributed by atoms with Crippen LogP contribution in [0, 0.1) is 0 Å². The Hall–Kier alpha value is -0.0736. The molecule has 0 aliphatic heterocycles. The van der Waals surface area contributed by atoms with Gasteiger partial charge in [0.15, 0.2) is 0 Å². The van der Waals surface area contributed by atoms with Gasteiger partial charge in [0.2, 0.25) is 0 Å². The van der Waals surface area contributed by atoms with E-state index in [-0.39, 0.29) is 51.4 Å². The third kappa shape index (κ3) is 4.97. The van der Waals surface area contributed by atoms with Crippen molar-refractivity contribution >= 4 is 5.97 Å². The number of aliphatic carboxylic acids is 1. The van der Waals surface area contributed by atoms with E-state index in [1.807, 2.05) is 0 Å². The SMILES string of the molecule is COc1ccc(OCC(=O)[O-])cc1.[K+]. The van der Waals surface area contributed by atoms with Crippen molar-refractivity contribution in [3.8, 4) is 11.5 Å². The molecule has 1 aromatic carbocycles. The Morgan fingerprint density at radius 3 is 2.21 bits per heavy atom. The number of carboxylic acid groups (broad SMARTS) is 1. The first-order valence-corrected chi connectivity index (χ1v) is 3.69. The van der Waals surface area contributed by atoms with E-state index < -0.39 is 12.6 Å². The van der Waals surface area contributed by atoms with Crippen molar-refractivity contribution in [3.63, 3.8) is 0 Å². The molecule has 0 spiro atoms. The van der Waals surface area contributed by atoms with Gasteiger partial charge in [-0.3, -0.25) is 0 Å². The Labute approximate surface area is 125 Å². The van der Waals surface area contributed by atoms with Crippen molar-refractivity contribution in [2.45, 2.75) is 0 Å². The third-order valence-electron chi connectivity index (χ3n) is 1.42. The van der Waals surface area contributed by atoms with E-state index in [1.165, 1.54) is 0 Å². The van der Waals surface area contributed by atoms with E-state index in [0.29, 0.717) is 11.5 Å². The second-order valence-electron chi connectivity index (χ2n) is 2.34. The zero-order valence-electron chi connectivity index (χ0n) is 8.15. The summed E-state index contributed by atoms with van der Waals surface area (Å²) in [6.45, 7) is -0.438. The third-order valence-corrected chi connectivity index (χ3v) is 1.42. The number of benzene rings is 1. The molecular formula is C9H9KO4. The number of ether oxygens (including phenoxy) is 2.